The number of benzene rings is 1. The van der Waals surface area contributed by atoms with Gasteiger partial charge in [-0.05, 0) is 19.4 Å². The first-order valence-electron chi connectivity index (χ1n) is 6.11. The Morgan fingerprint density at radius 2 is 1.45 bits per heavy atom. The molecule has 108 valence electrons. The smallest absolute Gasteiger partial charge is 0.324 e. The third-order valence-electron chi connectivity index (χ3n) is 3.34. The second kappa shape index (κ2) is 6.32. The van der Waals surface area contributed by atoms with E-state index >= 15 is 0 Å². The fraction of sp³-hybridized carbons (Fsp3) is 0.400. The summed E-state index contributed by atoms with van der Waals surface area (Å²) < 4.78 is 9.40. The highest BCUT2D eigenvalue weighted by molar-refractivity contribution is 6.06. The van der Waals surface area contributed by atoms with E-state index in [0.717, 1.165) is 0 Å². The van der Waals surface area contributed by atoms with Crippen LogP contribution in [0.3, 0.4) is 0 Å². The molecule has 0 aromatic heterocycles. The molecular formula is C15H18O5. The molecule has 1 unspecified atom stereocenters. The first-order valence-corrected chi connectivity index (χ1v) is 6.11. The van der Waals surface area contributed by atoms with Crippen molar-refractivity contribution in [3.8, 4) is 0 Å². The predicted molar refractivity (Wildman–Crippen MR) is 72.0 cm³/mol. The van der Waals surface area contributed by atoms with Crippen LogP contribution in [-0.2, 0) is 23.9 Å². The van der Waals surface area contributed by atoms with Crippen LogP contribution in [0.1, 0.15) is 25.3 Å². The second-order valence-electron chi connectivity index (χ2n) is 4.64. The molecule has 0 radical (unpaired) electrons. The lowest BCUT2D eigenvalue weighted by Crippen LogP contribution is -2.46. The molecule has 0 aliphatic heterocycles. The summed E-state index contributed by atoms with van der Waals surface area (Å²) in [5.74, 6) is -2.86. The fourth-order valence-electron chi connectivity index (χ4n) is 2.36. The molecular weight excluding hydrogens is 260 g/mol. The van der Waals surface area contributed by atoms with E-state index in [4.69, 9.17) is 9.47 Å². The van der Waals surface area contributed by atoms with E-state index in [2.05, 4.69) is 0 Å². The van der Waals surface area contributed by atoms with Crippen LogP contribution in [0.2, 0.25) is 0 Å². The van der Waals surface area contributed by atoms with E-state index < -0.39 is 23.3 Å². The summed E-state index contributed by atoms with van der Waals surface area (Å²) >= 11 is 0. The highest BCUT2D eigenvalue weighted by Crippen LogP contribution is 2.39. The van der Waals surface area contributed by atoms with Crippen molar-refractivity contribution in [1.29, 1.82) is 0 Å². The molecule has 5 heteroatoms. The number of ketones is 1. The van der Waals surface area contributed by atoms with Crippen molar-refractivity contribution < 1.29 is 23.9 Å². The molecule has 0 bridgehead atoms. The zero-order valence-corrected chi connectivity index (χ0v) is 12.0. The Bertz CT molecular complexity index is 490. The molecule has 0 saturated heterocycles. The van der Waals surface area contributed by atoms with Crippen molar-refractivity contribution in [2.75, 3.05) is 14.2 Å². The molecule has 0 N–H and O–H groups in total. The highest BCUT2D eigenvalue weighted by atomic mass is 16.5. The van der Waals surface area contributed by atoms with Crippen LogP contribution in [0.25, 0.3) is 0 Å². The Morgan fingerprint density at radius 1 is 1.00 bits per heavy atom. The van der Waals surface area contributed by atoms with Crippen LogP contribution in [0.4, 0.5) is 0 Å². The quantitative estimate of drug-likeness (QED) is 0.606. The Balaban J connectivity index is 3.45. The van der Waals surface area contributed by atoms with Gasteiger partial charge in [-0.25, -0.2) is 0 Å². The average molecular weight is 278 g/mol. The van der Waals surface area contributed by atoms with E-state index in [0.29, 0.717) is 5.56 Å². The molecule has 0 amide bonds. The molecule has 1 rings (SSSR count). The number of hydrogen-bond acceptors (Lipinski definition) is 5. The molecule has 1 aromatic rings. The summed E-state index contributed by atoms with van der Waals surface area (Å²) in [4.78, 5) is 36.2. The normalized spacial score (nSPS) is 12.4. The van der Waals surface area contributed by atoms with Gasteiger partial charge in [0.15, 0.2) is 5.41 Å². The topological polar surface area (TPSA) is 69.7 Å². The number of esters is 2. The maximum Gasteiger partial charge on any atom is 0.324 e. The second-order valence-corrected chi connectivity index (χ2v) is 4.64. The molecule has 0 fully saturated rings. The number of Topliss-reactive ketones (excluding diaryl/α,β-unsaturated/α-hetero) is 1. The van der Waals surface area contributed by atoms with Gasteiger partial charge in [-0.2, -0.15) is 0 Å². The monoisotopic (exact) mass is 278 g/mol. The van der Waals surface area contributed by atoms with Crippen LogP contribution in [-0.4, -0.2) is 31.9 Å². The van der Waals surface area contributed by atoms with E-state index in [9.17, 15) is 14.4 Å². The van der Waals surface area contributed by atoms with E-state index in [-0.39, 0.29) is 5.78 Å². The van der Waals surface area contributed by atoms with Crippen molar-refractivity contribution in [2.45, 2.75) is 19.8 Å². The van der Waals surface area contributed by atoms with E-state index in [1.807, 2.05) is 0 Å². The van der Waals surface area contributed by atoms with Gasteiger partial charge in [0.05, 0.1) is 20.1 Å². The lowest BCUT2D eigenvalue weighted by Gasteiger charge is -2.31. The maximum absolute atomic E-state index is 12.1. The van der Waals surface area contributed by atoms with Gasteiger partial charge in [0.25, 0.3) is 0 Å². The van der Waals surface area contributed by atoms with Crippen molar-refractivity contribution >= 4 is 17.7 Å². The van der Waals surface area contributed by atoms with Gasteiger partial charge in [-0.3, -0.25) is 14.4 Å². The van der Waals surface area contributed by atoms with Crippen molar-refractivity contribution in [3.63, 3.8) is 0 Å². The third kappa shape index (κ3) is 2.71. The minimum absolute atomic E-state index is 0.311. The first-order chi connectivity index (χ1) is 9.39. The summed E-state index contributed by atoms with van der Waals surface area (Å²) in [7, 11) is 2.34. The summed E-state index contributed by atoms with van der Waals surface area (Å²) in [6.45, 7) is 2.70. The molecule has 0 saturated carbocycles. The molecule has 1 atom stereocenters. The number of carbonyl (C=O) groups excluding carboxylic acids is 3. The maximum atomic E-state index is 12.1. The van der Waals surface area contributed by atoms with Gasteiger partial charge >= 0.3 is 11.9 Å². The first kappa shape index (κ1) is 15.9. The number of methoxy groups -OCH3 is 2. The number of ether oxygens (including phenoxy) is 2. The minimum atomic E-state index is -1.71. The van der Waals surface area contributed by atoms with Gasteiger partial charge in [-0.15, -0.1) is 0 Å². The van der Waals surface area contributed by atoms with Crippen LogP contribution < -0.4 is 0 Å². The molecule has 1 aromatic carbocycles. The Hall–Kier alpha value is -2.17. The molecule has 5 nitrogen and oxygen atoms in total. The van der Waals surface area contributed by atoms with E-state index in [1.54, 1.807) is 30.3 Å². The van der Waals surface area contributed by atoms with Gasteiger partial charge in [-0.1, -0.05) is 30.3 Å². The van der Waals surface area contributed by atoms with Gasteiger partial charge < -0.3 is 9.47 Å². The standard InChI is InChI=1S/C15H18O5/c1-10(16)12(11-8-6-5-7-9-11)15(2,13(17)19-3)14(18)20-4/h5-9,12H,1-4H3. The van der Waals surface area contributed by atoms with Gasteiger partial charge in [0, 0.05) is 0 Å². The summed E-state index contributed by atoms with van der Waals surface area (Å²) in [5.41, 5.74) is -1.14. The lowest BCUT2D eigenvalue weighted by atomic mass is 9.71. The molecule has 0 aliphatic carbocycles. The summed E-state index contributed by atoms with van der Waals surface area (Å²) in [5, 5.41) is 0. The van der Waals surface area contributed by atoms with Crippen LogP contribution in [0.15, 0.2) is 30.3 Å². The predicted octanol–water partition coefficient (Wildman–Crippen LogP) is 1.71. The summed E-state index contributed by atoms with van der Waals surface area (Å²) in [6, 6.07) is 8.64. The van der Waals surface area contributed by atoms with Crippen molar-refractivity contribution in [1.82, 2.24) is 0 Å². The largest absolute Gasteiger partial charge is 0.468 e. The Kier molecular flexibility index (Phi) is 5.02. The van der Waals surface area contributed by atoms with E-state index in [1.165, 1.54) is 28.1 Å². The SMILES string of the molecule is COC(=O)C(C)(C(=O)OC)C(C(C)=O)c1ccccc1. The van der Waals surface area contributed by atoms with Crippen LogP contribution in [0.5, 0.6) is 0 Å². The Labute approximate surface area is 117 Å². The number of carbonyl (C=O) groups is 3. The molecule has 0 aliphatic rings. The number of hydrogen-bond donors (Lipinski definition) is 0. The Morgan fingerprint density at radius 3 is 1.80 bits per heavy atom. The van der Waals surface area contributed by atoms with Crippen molar-refractivity contribution in [3.05, 3.63) is 35.9 Å². The number of rotatable bonds is 5. The summed E-state index contributed by atoms with van der Waals surface area (Å²) in [6.07, 6.45) is 0. The zero-order valence-electron chi connectivity index (χ0n) is 12.0. The lowest BCUT2D eigenvalue weighted by molar-refractivity contribution is -0.171. The highest BCUT2D eigenvalue weighted by Gasteiger charge is 2.53. The molecule has 0 spiro atoms. The van der Waals surface area contributed by atoms with Crippen molar-refractivity contribution in [2.24, 2.45) is 5.41 Å². The van der Waals surface area contributed by atoms with Crippen LogP contribution in [0, 0.1) is 5.41 Å². The third-order valence-corrected chi connectivity index (χ3v) is 3.34. The average Bonchev–Trinajstić information content (AvgIpc) is 2.46. The van der Waals surface area contributed by atoms with Gasteiger partial charge in [0.2, 0.25) is 0 Å². The molecule has 0 heterocycles. The minimum Gasteiger partial charge on any atom is -0.468 e. The zero-order chi connectivity index (χ0) is 15.3. The van der Waals surface area contributed by atoms with Gasteiger partial charge in [0.1, 0.15) is 5.78 Å². The van der Waals surface area contributed by atoms with Crippen LogP contribution >= 0.6 is 0 Å². The fourth-order valence-corrected chi connectivity index (χ4v) is 2.36. The molecule has 20 heavy (non-hydrogen) atoms.